The van der Waals surface area contributed by atoms with Crippen molar-refractivity contribution in [1.82, 2.24) is 25.0 Å². The minimum atomic E-state index is -4.65. The van der Waals surface area contributed by atoms with E-state index < -0.39 is 11.7 Å². The molecule has 3 aromatic rings. The summed E-state index contributed by atoms with van der Waals surface area (Å²) in [5.74, 6) is 6.27. The summed E-state index contributed by atoms with van der Waals surface area (Å²) in [6, 6.07) is 6.89. The van der Waals surface area contributed by atoms with Crippen LogP contribution in [0.15, 0.2) is 61.1 Å². The summed E-state index contributed by atoms with van der Waals surface area (Å²) in [4.78, 5) is 18.7. The number of allylic oxidation sites excluding steroid dienone is 2. The van der Waals surface area contributed by atoms with Gasteiger partial charge in [0.15, 0.2) is 0 Å². The van der Waals surface area contributed by atoms with E-state index >= 15 is 0 Å². The Morgan fingerprint density at radius 1 is 1.29 bits per heavy atom. The molecule has 1 aromatic carbocycles. The van der Waals surface area contributed by atoms with Gasteiger partial charge >= 0.3 is 6.18 Å². The lowest BCUT2D eigenvalue weighted by molar-refractivity contribution is -0.0688. The third-order valence-electron chi connectivity index (χ3n) is 7.06. The molecule has 1 aliphatic rings. The van der Waals surface area contributed by atoms with Crippen LogP contribution in [0, 0.1) is 11.8 Å². The number of pyridine rings is 1. The maximum atomic E-state index is 13.8. The summed E-state index contributed by atoms with van der Waals surface area (Å²) in [5, 5.41) is 11.1. The van der Waals surface area contributed by atoms with E-state index in [1.165, 1.54) is 10.9 Å². The summed E-state index contributed by atoms with van der Waals surface area (Å²) in [6.45, 7) is 5.55. The van der Waals surface area contributed by atoms with E-state index in [4.69, 9.17) is 0 Å². The normalized spacial score (nSPS) is 18.8. The minimum absolute atomic E-state index is 0.154. The zero-order valence-electron chi connectivity index (χ0n) is 23.6. The van der Waals surface area contributed by atoms with E-state index in [9.17, 15) is 18.0 Å². The van der Waals surface area contributed by atoms with Crippen LogP contribution in [0.4, 0.5) is 18.9 Å². The van der Waals surface area contributed by atoms with Gasteiger partial charge in [-0.1, -0.05) is 36.8 Å². The number of aryl methyl sites for hydroxylation is 1. The Bertz CT molecular complexity index is 1590. The molecule has 0 saturated carbocycles. The van der Waals surface area contributed by atoms with E-state index in [1.54, 1.807) is 43.6 Å². The van der Waals surface area contributed by atoms with Crippen LogP contribution in [-0.4, -0.2) is 57.9 Å². The highest BCUT2D eigenvalue weighted by atomic mass is 19.4. The number of hydrogen-bond acceptors (Lipinski definition) is 5. The van der Waals surface area contributed by atoms with Gasteiger partial charge in [0.25, 0.3) is 5.91 Å². The summed E-state index contributed by atoms with van der Waals surface area (Å²) >= 11 is 0. The second-order valence-corrected chi connectivity index (χ2v) is 10.3. The molecule has 0 aliphatic heterocycles. The molecule has 0 radical (unpaired) electrons. The first-order chi connectivity index (χ1) is 19.4. The van der Waals surface area contributed by atoms with E-state index in [0.717, 1.165) is 5.70 Å². The summed E-state index contributed by atoms with van der Waals surface area (Å²) in [7, 11) is 5.69. The maximum absolute atomic E-state index is 13.8. The fourth-order valence-electron chi connectivity index (χ4n) is 4.33. The largest absolute Gasteiger partial charge is 0.417 e. The van der Waals surface area contributed by atoms with Crippen molar-refractivity contribution in [1.29, 1.82) is 0 Å². The van der Waals surface area contributed by atoms with Crippen molar-refractivity contribution in [2.45, 2.75) is 37.9 Å². The molecule has 1 unspecified atom stereocenters. The van der Waals surface area contributed by atoms with Crippen LogP contribution in [0.1, 0.15) is 47.9 Å². The summed E-state index contributed by atoms with van der Waals surface area (Å²) in [5.41, 5.74) is 0.732. The molecule has 2 aromatic heterocycles. The quantitative estimate of drug-likeness (QED) is 0.340. The van der Waals surface area contributed by atoms with Crippen molar-refractivity contribution < 1.29 is 18.0 Å². The van der Waals surface area contributed by atoms with Gasteiger partial charge in [0.2, 0.25) is 0 Å². The van der Waals surface area contributed by atoms with Gasteiger partial charge in [-0.05, 0) is 52.1 Å². The van der Waals surface area contributed by atoms with E-state index in [0.29, 0.717) is 47.0 Å². The highest BCUT2D eigenvalue weighted by Gasteiger charge is 2.35. The zero-order valence-corrected chi connectivity index (χ0v) is 23.6. The molecular weight excluding hydrogens is 529 g/mol. The lowest BCUT2D eigenvalue weighted by Gasteiger charge is -2.31. The lowest BCUT2D eigenvalue weighted by Crippen LogP contribution is -2.39. The molecule has 4 rings (SSSR count). The number of amides is 1. The van der Waals surface area contributed by atoms with Crippen molar-refractivity contribution in [3.63, 3.8) is 0 Å². The minimum Gasteiger partial charge on any atom is -0.359 e. The number of fused-ring (bicyclic) bond motifs is 1. The molecule has 41 heavy (non-hydrogen) atoms. The molecule has 1 amide bonds. The fraction of sp³-hybridized carbons (Fsp3) is 0.323. The maximum Gasteiger partial charge on any atom is 0.417 e. The molecule has 2 N–H and O–H groups in total. The van der Waals surface area contributed by atoms with Crippen molar-refractivity contribution in [2.24, 2.45) is 7.05 Å². The molecule has 214 valence electrons. The van der Waals surface area contributed by atoms with Crippen LogP contribution in [0.3, 0.4) is 0 Å². The lowest BCUT2D eigenvalue weighted by atomic mass is 9.94. The Labute approximate surface area is 237 Å². The number of benzene rings is 1. The molecule has 0 fully saturated rings. The third kappa shape index (κ3) is 7.05. The highest BCUT2D eigenvalue weighted by molar-refractivity contribution is 6.01. The first-order valence-electron chi connectivity index (χ1n) is 13.1. The molecule has 0 saturated heterocycles. The number of anilines is 1. The first kappa shape index (κ1) is 29.6. The van der Waals surface area contributed by atoms with Crippen LogP contribution < -0.4 is 10.6 Å². The smallest absolute Gasteiger partial charge is 0.359 e. The van der Waals surface area contributed by atoms with Gasteiger partial charge in [-0.2, -0.15) is 18.3 Å². The van der Waals surface area contributed by atoms with E-state index in [1.807, 2.05) is 20.2 Å². The van der Waals surface area contributed by atoms with Gasteiger partial charge in [-0.25, -0.2) is 4.98 Å². The number of hydrogen-bond donors (Lipinski definition) is 2. The number of nitrogens with zero attached hydrogens (tertiary/aromatic N) is 4. The fourth-order valence-corrected chi connectivity index (χ4v) is 4.33. The topological polar surface area (TPSA) is 75.1 Å². The van der Waals surface area contributed by atoms with Crippen LogP contribution >= 0.6 is 0 Å². The Morgan fingerprint density at radius 2 is 2.07 bits per heavy atom. The molecule has 1 aliphatic carbocycles. The van der Waals surface area contributed by atoms with Gasteiger partial charge in [0.05, 0.1) is 34.3 Å². The third-order valence-corrected chi connectivity index (χ3v) is 7.06. The number of alkyl halides is 3. The number of nitrogens with one attached hydrogen (secondary N) is 2. The molecule has 0 bridgehead atoms. The predicted molar refractivity (Wildman–Crippen MR) is 157 cm³/mol. The van der Waals surface area contributed by atoms with Crippen molar-refractivity contribution >= 4 is 34.0 Å². The second-order valence-electron chi connectivity index (χ2n) is 10.3. The molecular formula is C31H33F3N6O. The van der Waals surface area contributed by atoms with Gasteiger partial charge in [0.1, 0.15) is 0 Å². The molecule has 2 heterocycles. The Hall–Kier alpha value is -4.36. The van der Waals surface area contributed by atoms with Gasteiger partial charge < -0.3 is 10.6 Å². The molecule has 0 spiro atoms. The average Bonchev–Trinajstić information content (AvgIpc) is 3.35. The van der Waals surface area contributed by atoms with Gasteiger partial charge in [0, 0.05) is 48.4 Å². The summed E-state index contributed by atoms with van der Waals surface area (Å²) < 4.78 is 42.9. The van der Waals surface area contributed by atoms with Crippen LogP contribution in [-0.2, 0) is 7.05 Å². The first-order valence-corrected chi connectivity index (χ1v) is 13.1. The molecule has 1 atom stereocenters. The number of carbonyl (C=O) groups excluding carboxylic acids is 1. The Morgan fingerprint density at radius 3 is 2.76 bits per heavy atom. The van der Waals surface area contributed by atoms with E-state index in [2.05, 4.69) is 57.0 Å². The summed E-state index contributed by atoms with van der Waals surface area (Å²) in [6.07, 6.45) is 5.75. The predicted octanol–water partition coefficient (Wildman–Crippen LogP) is 5.79. The average molecular weight is 563 g/mol. The second kappa shape index (κ2) is 12.0. The molecule has 10 heteroatoms. The van der Waals surface area contributed by atoms with Crippen LogP contribution in [0.2, 0.25) is 0 Å². The number of carbonyl (C=O) groups is 1. The Balaban J connectivity index is 1.66. The van der Waals surface area contributed by atoms with Gasteiger partial charge in [-0.15, -0.1) is 5.92 Å². The van der Waals surface area contributed by atoms with Gasteiger partial charge in [-0.3, -0.25) is 14.4 Å². The monoisotopic (exact) mass is 562 g/mol. The van der Waals surface area contributed by atoms with Crippen molar-refractivity contribution in [3.8, 4) is 11.8 Å². The zero-order chi connectivity index (χ0) is 29.8. The SMILES string of the molecule is C=C(c1nc(/C=C/CNC(=O)c2cnn(C)c2)cc2c(N/C3=C/CC(C)(N(C)C)C#CCC3)cccc12)C(F)(F)F. The number of aromatic nitrogens is 3. The molecule has 7 nitrogen and oxygen atoms in total. The Kier molecular flexibility index (Phi) is 8.69. The standard InChI is InChI=1S/C31H33F3N6O/c1-21(31(32,33)34)28-25-12-8-13-27(37-23-10-6-7-15-30(2,16-14-23)39(3)4)26(25)18-24(38-28)11-9-17-35-29(41)22-19-36-40(5)20-22/h8-9,11-14,18-20,37H,1,6,10,16-17H2,2-5H3,(H,35,41)/b11-9+,23-14+. The van der Waals surface area contributed by atoms with Crippen LogP contribution in [0.25, 0.3) is 22.4 Å². The number of halogens is 3. The van der Waals surface area contributed by atoms with Crippen molar-refractivity contribution in [2.75, 3.05) is 26.0 Å². The van der Waals surface area contributed by atoms with Crippen LogP contribution in [0.5, 0.6) is 0 Å². The number of rotatable bonds is 8. The highest BCUT2D eigenvalue weighted by Crippen LogP contribution is 2.37. The van der Waals surface area contributed by atoms with E-state index in [-0.39, 0.29) is 23.7 Å². The van der Waals surface area contributed by atoms with Crippen molar-refractivity contribution in [3.05, 3.63) is 78.0 Å².